The van der Waals surface area contributed by atoms with Crippen molar-refractivity contribution in [2.75, 3.05) is 0 Å². The van der Waals surface area contributed by atoms with Crippen LogP contribution in [0.1, 0.15) is 47.8 Å². The second kappa shape index (κ2) is 6.27. The van der Waals surface area contributed by atoms with Gasteiger partial charge in [0.2, 0.25) is 0 Å². The molecule has 0 saturated heterocycles. The van der Waals surface area contributed by atoms with E-state index in [2.05, 4.69) is 24.9 Å². The molecule has 0 amide bonds. The standard InChI is InChI=1S/C18H23NO2/c1-11(2)21-16-8-15(9-19-10-16)18(20)17-7-13(4)12(3)6-14(17)5/h6-11,18,20H,1-5H3. The molecule has 0 aliphatic carbocycles. The van der Waals surface area contributed by atoms with Gasteiger partial charge in [-0.1, -0.05) is 12.1 Å². The van der Waals surface area contributed by atoms with Crippen molar-refractivity contribution in [3.63, 3.8) is 0 Å². The van der Waals surface area contributed by atoms with Crippen LogP contribution in [0.5, 0.6) is 5.75 Å². The number of rotatable bonds is 4. The van der Waals surface area contributed by atoms with Crippen molar-refractivity contribution < 1.29 is 9.84 Å². The van der Waals surface area contributed by atoms with Crippen LogP contribution in [-0.4, -0.2) is 16.2 Å². The molecule has 2 aromatic rings. The van der Waals surface area contributed by atoms with Gasteiger partial charge in [0.1, 0.15) is 11.9 Å². The van der Waals surface area contributed by atoms with Gasteiger partial charge in [0.05, 0.1) is 12.3 Å². The fourth-order valence-corrected chi connectivity index (χ4v) is 2.38. The summed E-state index contributed by atoms with van der Waals surface area (Å²) < 4.78 is 5.64. The number of hydrogen-bond donors (Lipinski definition) is 1. The van der Waals surface area contributed by atoms with Crippen molar-refractivity contribution in [2.45, 2.75) is 46.8 Å². The summed E-state index contributed by atoms with van der Waals surface area (Å²) in [4.78, 5) is 4.17. The first-order valence-corrected chi connectivity index (χ1v) is 7.26. The molecule has 0 aliphatic rings. The zero-order valence-electron chi connectivity index (χ0n) is 13.3. The van der Waals surface area contributed by atoms with Crippen LogP contribution >= 0.6 is 0 Å². The first-order valence-electron chi connectivity index (χ1n) is 7.26. The molecule has 1 N–H and O–H groups in total. The van der Waals surface area contributed by atoms with Gasteiger partial charge in [-0.3, -0.25) is 4.98 Å². The van der Waals surface area contributed by atoms with Gasteiger partial charge in [-0.05, 0) is 62.9 Å². The van der Waals surface area contributed by atoms with E-state index in [1.165, 1.54) is 11.1 Å². The highest BCUT2D eigenvalue weighted by Gasteiger charge is 2.15. The maximum absolute atomic E-state index is 10.7. The lowest BCUT2D eigenvalue weighted by molar-refractivity contribution is 0.215. The molecule has 1 aromatic heterocycles. The van der Waals surface area contributed by atoms with Gasteiger partial charge in [0.15, 0.2) is 0 Å². The highest BCUT2D eigenvalue weighted by Crippen LogP contribution is 2.28. The molecule has 0 saturated carbocycles. The Kier molecular flexibility index (Phi) is 4.63. The molecule has 0 spiro atoms. The third-order valence-corrected chi connectivity index (χ3v) is 3.60. The molecule has 21 heavy (non-hydrogen) atoms. The number of aromatic nitrogens is 1. The maximum atomic E-state index is 10.7. The molecule has 0 bridgehead atoms. The lowest BCUT2D eigenvalue weighted by Crippen LogP contribution is -2.08. The van der Waals surface area contributed by atoms with Crippen molar-refractivity contribution in [1.82, 2.24) is 4.98 Å². The SMILES string of the molecule is Cc1cc(C)c(C(O)c2cncc(OC(C)C)c2)cc1C. The van der Waals surface area contributed by atoms with Gasteiger partial charge in [-0.25, -0.2) is 0 Å². The second-order valence-corrected chi connectivity index (χ2v) is 5.82. The number of ether oxygens (including phenoxy) is 1. The van der Waals surface area contributed by atoms with E-state index in [4.69, 9.17) is 4.74 Å². The first-order chi connectivity index (χ1) is 9.88. The molecule has 3 heteroatoms. The summed E-state index contributed by atoms with van der Waals surface area (Å²) in [6, 6.07) is 6.01. The number of pyridine rings is 1. The predicted molar refractivity (Wildman–Crippen MR) is 84.7 cm³/mol. The normalized spacial score (nSPS) is 12.5. The number of nitrogens with zero attached hydrogens (tertiary/aromatic N) is 1. The van der Waals surface area contributed by atoms with Gasteiger partial charge >= 0.3 is 0 Å². The van der Waals surface area contributed by atoms with Crippen molar-refractivity contribution in [2.24, 2.45) is 0 Å². The average Bonchev–Trinajstić information content (AvgIpc) is 2.41. The zero-order chi connectivity index (χ0) is 15.6. The summed E-state index contributed by atoms with van der Waals surface area (Å²) in [5.74, 6) is 0.683. The lowest BCUT2D eigenvalue weighted by atomic mass is 9.94. The Morgan fingerprint density at radius 1 is 0.952 bits per heavy atom. The van der Waals surface area contributed by atoms with Gasteiger partial charge in [-0.2, -0.15) is 0 Å². The minimum absolute atomic E-state index is 0.0857. The number of aliphatic hydroxyl groups is 1. The summed E-state index contributed by atoms with van der Waals surface area (Å²) in [7, 11) is 0. The van der Waals surface area contributed by atoms with Crippen LogP contribution in [0.15, 0.2) is 30.6 Å². The first kappa shape index (κ1) is 15.5. The molecule has 3 nitrogen and oxygen atoms in total. The fraction of sp³-hybridized carbons (Fsp3) is 0.389. The van der Waals surface area contributed by atoms with E-state index in [-0.39, 0.29) is 6.10 Å². The Morgan fingerprint density at radius 3 is 2.29 bits per heavy atom. The molecule has 1 aromatic carbocycles. The Bertz CT molecular complexity index is 635. The van der Waals surface area contributed by atoms with E-state index in [0.717, 1.165) is 16.7 Å². The highest BCUT2D eigenvalue weighted by atomic mass is 16.5. The fourth-order valence-electron chi connectivity index (χ4n) is 2.38. The summed E-state index contributed by atoms with van der Waals surface area (Å²) >= 11 is 0. The van der Waals surface area contributed by atoms with Gasteiger partial charge in [0, 0.05) is 11.8 Å². The summed E-state index contributed by atoms with van der Waals surface area (Å²) in [5.41, 5.74) is 5.16. The van der Waals surface area contributed by atoms with Crippen molar-refractivity contribution >= 4 is 0 Å². The minimum atomic E-state index is -0.687. The Morgan fingerprint density at radius 2 is 1.62 bits per heavy atom. The zero-order valence-corrected chi connectivity index (χ0v) is 13.3. The molecule has 112 valence electrons. The van der Waals surface area contributed by atoms with Crippen molar-refractivity contribution in [3.05, 3.63) is 58.4 Å². The van der Waals surface area contributed by atoms with Crippen LogP contribution in [0.3, 0.4) is 0 Å². The van der Waals surface area contributed by atoms with Gasteiger partial charge in [-0.15, -0.1) is 0 Å². The Hall–Kier alpha value is -1.87. The Labute approximate surface area is 126 Å². The number of aliphatic hydroxyl groups excluding tert-OH is 1. The van der Waals surface area contributed by atoms with Crippen LogP contribution in [0.2, 0.25) is 0 Å². The molecule has 0 radical (unpaired) electrons. The number of benzene rings is 1. The van der Waals surface area contributed by atoms with Crippen LogP contribution in [0.4, 0.5) is 0 Å². The van der Waals surface area contributed by atoms with Gasteiger partial charge < -0.3 is 9.84 Å². The largest absolute Gasteiger partial charge is 0.489 e. The third-order valence-electron chi connectivity index (χ3n) is 3.60. The summed E-state index contributed by atoms with van der Waals surface area (Å²) in [6.45, 7) is 10.1. The molecule has 1 atom stereocenters. The van der Waals surface area contributed by atoms with Crippen LogP contribution < -0.4 is 4.74 Å². The summed E-state index contributed by atoms with van der Waals surface area (Å²) in [6.07, 6.45) is 2.76. The third kappa shape index (κ3) is 3.61. The molecule has 1 heterocycles. The van der Waals surface area contributed by atoms with Crippen molar-refractivity contribution in [3.8, 4) is 5.75 Å². The van der Waals surface area contributed by atoms with E-state index < -0.39 is 6.10 Å². The maximum Gasteiger partial charge on any atom is 0.138 e. The molecule has 1 unspecified atom stereocenters. The minimum Gasteiger partial charge on any atom is -0.489 e. The van der Waals surface area contributed by atoms with E-state index in [9.17, 15) is 5.11 Å². The molecule has 0 aliphatic heterocycles. The number of hydrogen-bond acceptors (Lipinski definition) is 3. The van der Waals surface area contributed by atoms with Crippen molar-refractivity contribution in [1.29, 1.82) is 0 Å². The molecule has 0 fully saturated rings. The molecule has 2 rings (SSSR count). The lowest BCUT2D eigenvalue weighted by Gasteiger charge is -2.17. The van der Waals surface area contributed by atoms with E-state index in [1.54, 1.807) is 12.4 Å². The van der Waals surface area contributed by atoms with E-state index >= 15 is 0 Å². The predicted octanol–water partition coefficient (Wildman–Crippen LogP) is 3.88. The quantitative estimate of drug-likeness (QED) is 0.927. The highest BCUT2D eigenvalue weighted by molar-refractivity contribution is 5.41. The summed E-state index contributed by atoms with van der Waals surface area (Å²) in [5, 5.41) is 10.7. The van der Waals surface area contributed by atoms with Gasteiger partial charge in [0.25, 0.3) is 0 Å². The second-order valence-electron chi connectivity index (χ2n) is 5.82. The monoisotopic (exact) mass is 285 g/mol. The van der Waals surface area contributed by atoms with E-state index in [1.807, 2.05) is 32.9 Å². The molecular formula is C18H23NO2. The van der Waals surface area contributed by atoms with Crippen LogP contribution in [0.25, 0.3) is 0 Å². The van der Waals surface area contributed by atoms with Crippen LogP contribution in [0, 0.1) is 20.8 Å². The molecular weight excluding hydrogens is 262 g/mol. The smallest absolute Gasteiger partial charge is 0.138 e. The van der Waals surface area contributed by atoms with E-state index in [0.29, 0.717) is 5.75 Å². The number of aryl methyl sites for hydroxylation is 3. The topological polar surface area (TPSA) is 42.4 Å². The Balaban J connectivity index is 2.36. The average molecular weight is 285 g/mol. The van der Waals surface area contributed by atoms with Crippen LogP contribution in [-0.2, 0) is 0 Å².